The van der Waals surface area contributed by atoms with Crippen molar-refractivity contribution in [1.82, 2.24) is 15.2 Å². The summed E-state index contributed by atoms with van der Waals surface area (Å²) < 4.78 is 0. The maximum atomic E-state index is 4.13. The monoisotopic (exact) mass is 231 g/mol. The van der Waals surface area contributed by atoms with E-state index in [9.17, 15) is 0 Å². The molecule has 0 aliphatic rings. The Bertz CT molecular complexity index is 425. The summed E-state index contributed by atoms with van der Waals surface area (Å²) in [5.41, 5.74) is 1.28. The number of aromatic nitrogens is 3. The third-order valence-electron chi connectivity index (χ3n) is 2.20. The van der Waals surface area contributed by atoms with Gasteiger partial charge in [-0.2, -0.15) is 5.10 Å². The molecule has 0 saturated heterocycles. The predicted octanol–water partition coefficient (Wildman–Crippen LogP) is 3.21. The van der Waals surface area contributed by atoms with Gasteiger partial charge >= 0.3 is 0 Å². The Morgan fingerprint density at radius 2 is 2.19 bits per heavy atom. The molecule has 4 heteroatoms. The molecule has 0 fully saturated rings. The average molecular weight is 231 g/mol. The van der Waals surface area contributed by atoms with Gasteiger partial charge in [-0.05, 0) is 12.0 Å². The summed E-state index contributed by atoms with van der Waals surface area (Å²) in [7, 11) is 0. The van der Waals surface area contributed by atoms with E-state index in [1.54, 1.807) is 11.8 Å². The Morgan fingerprint density at radius 3 is 2.81 bits per heavy atom. The largest absolute Gasteiger partial charge is 0.254 e. The van der Waals surface area contributed by atoms with Crippen LogP contribution in [0.15, 0.2) is 54.5 Å². The van der Waals surface area contributed by atoms with Gasteiger partial charge in [0, 0.05) is 5.25 Å². The maximum absolute atomic E-state index is 4.13. The van der Waals surface area contributed by atoms with Crippen LogP contribution in [0.1, 0.15) is 17.2 Å². The van der Waals surface area contributed by atoms with Crippen molar-refractivity contribution in [2.45, 2.75) is 16.8 Å². The smallest absolute Gasteiger partial charge is 0.183 e. The van der Waals surface area contributed by atoms with Crippen LogP contribution in [0.3, 0.4) is 0 Å². The zero-order valence-corrected chi connectivity index (χ0v) is 9.65. The lowest BCUT2D eigenvalue weighted by molar-refractivity contribution is 0.929. The highest BCUT2D eigenvalue weighted by atomic mass is 32.2. The van der Waals surface area contributed by atoms with Crippen LogP contribution in [-0.2, 0) is 0 Å². The number of nitrogens with zero attached hydrogens (tertiary/aromatic N) is 2. The van der Waals surface area contributed by atoms with Crippen LogP contribution < -0.4 is 0 Å². The molecule has 0 amide bonds. The van der Waals surface area contributed by atoms with Crippen molar-refractivity contribution in [2.24, 2.45) is 0 Å². The standard InChI is InChI=1S/C12H13N3S/c1-2-6-11(10-7-4-3-5-8-10)16-12-13-9-14-15-12/h2-5,7-9,11H,1,6H2,(H,13,14,15). The number of H-pyrrole nitrogens is 1. The molecule has 82 valence electrons. The molecule has 1 unspecified atom stereocenters. The van der Waals surface area contributed by atoms with E-state index < -0.39 is 0 Å². The summed E-state index contributed by atoms with van der Waals surface area (Å²) in [6.45, 7) is 3.80. The summed E-state index contributed by atoms with van der Waals surface area (Å²) in [4.78, 5) is 4.13. The van der Waals surface area contributed by atoms with E-state index in [0.717, 1.165) is 11.6 Å². The van der Waals surface area contributed by atoms with Gasteiger partial charge in [-0.25, -0.2) is 4.98 Å². The minimum absolute atomic E-state index is 0.339. The van der Waals surface area contributed by atoms with Gasteiger partial charge in [0.25, 0.3) is 0 Å². The molecular weight excluding hydrogens is 218 g/mol. The molecule has 0 aliphatic carbocycles. The first-order valence-electron chi connectivity index (χ1n) is 5.08. The molecule has 1 atom stereocenters. The van der Waals surface area contributed by atoms with Crippen molar-refractivity contribution in [1.29, 1.82) is 0 Å². The van der Waals surface area contributed by atoms with Gasteiger partial charge < -0.3 is 0 Å². The quantitative estimate of drug-likeness (QED) is 0.634. The highest BCUT2D eigenvalue weighted by Crippen LogP contribution is 2.35. The fraction of sp³-hybridized carbons (Fsp3) is 0.167. The summed E-state index contributed by atoms with van der Waals surface area (Å²) in [6, 6.07) is 10.4. The molecule has 1 aromatic heterocycles. The predicted molar refractivity (Wildman–Crippen MR) is 66.2 cm³/mol. The summed E-state index contributed by atoms with van der Waals surface area (Å²) >= 11 is 1.67. The van der Waals surface area contributed by atoms with E-state index in [2.05, 4.69) is 33.9 Å². The number of hydrogen-bond acceptors (Lipinski definition) is 3. The minimum atomic E-state index is 0.339. The second kappa shape index (κ2) is 5.51. The Balaban J connectivity index is 2.14. The maximum Gasteiger partial charge on any atom is 0.183 e. The van der Waals surface area contributed by atoms with Crippen LogP contribution in [0.5, 0.6) is 0 Å². The van der Waals surface area contributed by atoms with Gasteiger partial charge in [0.05, 0.1) is 0 Å². The van der Waals surface area contributed by atoms with Crippen LogP contribution in [0.4, 0.5) is 0 Å². The molecule has 16 heavy (non-hydrogen) atoms. The number of rotatable bonds is 5. The highest BCUT2D eigenvalue weighted by Gasteiger charge is 2.12. The fourth-order valence-electron chi connectivity index (χ4n) is 1.46. The molecular formula is C12H13N3S. The van der Waals surface area contributed by atoms with Gasteiger partial charge in [0.1, 0.15) is 6.33 Å². The summed E-state index contributed by atoms with van der Waals surface area (Å²) in [5, 5.41) is 7.89. The summed E-state index contributed by atoms with van der Waals surface area (Å²) in [5.74, 6) is 0. The number of allylic oxidation sites excluding steroid dienone is 1. The molecule has 3 nitrogen and oxygen atoms in total. The van der Waals surface area contributed by atoms with Gasteiger partial charge in [-0.1, -0.05) is 48.2 Å². The molecule has 0 aliphatic heterocycles. The Kier molecular flexibility index (Phi) is 3.77. The van der Waals surface area contributed by atoms with Crippen LogP contribution in [-0.4, -0.2) is 15.2 Å². The molecule has 0 bridgehead atoms. The van der Waals surface area contributed by atoms with Crippen LogP contribution >= 0.6 is 11.8 Å². The Morgan fingerprint density at radius 1 is 1.38 bits per heavy atom. The summed E-state index contributed by atoms with van der Waals surface area (Å²) in [6.07, 6.45) is 4.37. The minimum Gasteiger partial charge on any atom is -0.254 e. The highest BCUT2D eigenvalue weighted by molar-refractivity contribution is 7.99. The number of hydrogen-bond donors (Lipinski definition) is 1. The van der Waals surface area contributed by atoms with Crippen molar-refractivity contribution >= 4 is 11.8 Å². The van der Waals surface area contributed by atoms with E-state index in [4.69, 9.17) is 0 Å². The molecule has 1 heterocycles. The third kappa shape index (κ3) is 2.73. The first kappa shape index (κ1) is 11.0. The number of benzene rings is 1. The van der Waals surface area contributed by atoms with Crippen molar-refractivity contribution in [2.75, 3.05) is 0 Å². The van der Waals surface area contributed by atoms with Crippen molar-refractivity contribution in [3.05, 3.63) is 54.9 Å². The van der Waals surface area contributed by atoms with Crippen LogP contribution in [0, 0.1) is 0 Å². The first-order chi connectivity index (χ1) is 7.90. The number of aromatic amines is 1. The lowest BCUT2D eigenvalue weighted by Gasteiger charge is -2.12. The van der Waals surface area contributed by atoms with Crippen molar-refractivity contribution in [3.63, 3.8) is 0 Å². The normalized spacial score (nSPS) is 12.2. The van der Waals surface area contributed by atoms with E-state index in [1.807, 2.05) is 24.3 Å². The van der Waals surface area contributed by atoms with Crippen LogP contribution in [0.25, 0.3) is 0 Å². The molecule has 2 aromatic rings. The second-order valence-electron chi connectivity index (χ2n) is 3.33. The Hall–Kier alpha value is -1.55. The molecule has 1 N–H and O–H groups in total. The fourth-order valence-corrected chi connectivity index (χ4v) is 2.47. The van der Waals surface area contributed by atoms with Gasteiger partial charge in [0.15, 0.2) is 5.16 Å². The van der Waals surface area contributed by atoms with Gasteiger partial charge in [0.2, 0.25) is 0 Å². The van der Waals surface area contributed by atoms with E-state index >= 15 is 0 Å². The van der Waals surface area contributed by atoms with Gasteiger partial charge in [-0.15, -0.1) is 6.58 Å². The van der Waals surface area contributed by atoms with Crippen molar-refractivity contribution in [3.8, 4) is 0 Å². The zero-order valence-electron chi connectivity index (χ0n) is 8.84. The number of nitrogens with one attached hydrogen (secondary N) is 1. The third-order valence-corrected chi connectivity index (χ3v) is 3.37. The Labute approximate surface area is 99.0 Å². The lowest BCUT2D eigenvalue weighted by Crippen LogP contribution is -1.93. The molecule has 0 radical (unpaired) electrons. The van der Waals surface area contributed by atoms with Gasteiger partial charge in [-0.3, -0.25) is 5.10 Å². The second-order valence-corrected chi connectivity index (χ2v) is 4.52. The van der Waals surface area contributed by atoms with Crippen molar-refractivity contribution < 1.29 is 0 Å². The SMILES string of the molecule is C=CCC(Sc1ncn[nH]1)c1ccccc1. The molecule has 0 spiro atoms. The van der Waals surface area contributed by atoms with E-state index in [-0.39, 0.29) is 0 Å². The molecule has 0 saturated carbocycles. The van der Waals surface area contributed by atoms with E-state index in [0.29, 0.717) is 5.25 Å². The average Bonchev–Trinajstić information content (AvgIpc) is 2.83. The first-order valence-corrected chi connectivity index (χ1v) is 5.96. The molecule has 2 rings (SSSR count). The topological polar surface area (TPSA) is 41.6 Å². The lowest BCUT2D eigenvalue weighted by atomic mass is 10.1. The van der Waals surface area contributed by atoms with Crippen LogP contribution in [0.2, 0.25) is 0 Å². The zero-order chi connectivity index (χ0) is 11.2. The molecule has 1 aromatic carbocycles. The van der Waals surface area contributed by atoms with E-state index in [1.165, 1.54) is 11.9 Å². The number of thioether (sulfide) groups is 1.